The van der Waals surface area contributed by atoms with Crippen molar-refractivity contribution in [3.63, 3.8) is 0 Å². The van der Waals surface area contributed by atoms with Gasteiger partial charge in [0.25, 0.3) is 0 Å². The minimum Gasteiger partial charge on any atom is -0.462 e. The number of carbonyl (C=O) groups excluding carboxylic acids is 2. The summed E-state index contributed by atoms with van der Waals surface area (Å²) in [6.07, 6.45) is 1.12. The van der Waals surface area contributed by atoms with Crippen LogP contribution in [0.15, 0.2) is 11.8 Å². The molecule has 8 heteroatoms. The molecule has 21 heavy (non-hydrogen) atoms. The average Bonchev–Trinajstić information content (AvgIpc) is 2.80. The lowest BCUT2D eigenvalue weighted by atomic mass is 10.2. The van der Waals surface area contributed by atoms with Crippen molar-refractivity contribution in [2.45, 2.75) is 20.8 Å². The van der Waals surface area contributed by atoms with Gasteiger partial charge >= 0.3 is 11.9 Å². The molecule has 1 heterocycles. The Hall–Kier alpha value is -2.82. The van der Waals surface area contributed by atoms with Gasteiger partial charge in [-0.2, -0.15) is 10.4 Å². The van der Waals surface area contributed by atoms with E-state index in [1.807, 2.05) is 6.07 Å². The van der Waals surface area contributed by atoms with Gasteiger partial charge in [0, 0.05) is 6.20 Å². The first-order valence-electron chi connectivity index (χ1n) is 6.31. The topological polar surface area (TPSA) is 117 Å². The lowest BCUT2D eigenvalue weighted by Gasteiger charge is -2.06. The number of anilines is 1. The number of aryl methyl sites for hydroxylation is 1. The number of nitrogens with one attached hydrogen (secondary N) is 2. The molecule has 0 fully saturated rings. The maximum absolute atomic E-state index is 11.7. The van der Waals surface area contributed by atoms with E-state index < -0.39 is 11.9 Å². The van der Waals surface area contributed by atoms with Crippen molar-refractivity contribution in [1.29, 1.82) is 5.26 Å². The predicted molar refractivity (Wildman–Crippen MR) is 73.0 cm³/mol. The number of aromatic nitrogens is 2. The van der Waals surface area contributed by atoms with Gasteiger partial charge in [-0.3, -0.25) is 5.10 Å². The lowest BCUT2D eigenvalue weighted by molar-refractivity contribution is -0.146. The van der Waals surface area contributed by atoms with Crippen LogP contribution in [0.5, 0.6) is 0 Å². The molecule has 1 rings (SSSR count). The van der Waals surface area contributed by atoms with E-state index in [2.05, 4.69) is 15.5 Å². The van der Waals surface area contributed by atoms with Crippen LogP contribution in [0.3, 0.4) is 0 Å². The zero-order valence-electron chi connectivity index (χ0n) is 12.0. The number of ether oxygens (including phenoxy) is 2. The monoisotopic (exact) mass is 292 g/mol. The Morgan fingerprint density at radius 3 is 2.38 bits per heavy atom. The van der Waals surface area contributed by atoms with Crippen molar-refractivity contribution in [2.75, 3.05) is 18.5 Å². The van der Waals surface area contributed by atoms with Gasteiger partial charge in [0.1, 0.15) is 11.6 Å². The first kappa shape index (κ1) is 16.2. The molecule has 2 N–H and O–H groups in total. The molecule has 0 spiro atoms. The fraction of sp³-hybridized carbons (Fsp3) is 0.385. The zero-order valence-corrected chi connectivity index (χ0v) is 12.0. The molecule has 0 saturated heterocycles. The third-order valence-electron chi connectivity index (χ3n) is 2.40. The largest absolute Gasteiger partial charge is 0.462 e. The molecular weight excluding hydrogens is 276 g/mol. The van der Waals surface area contributed by atoms with Crippen molar-refractivity contribution in [2.24, 2.45) is 0 Å². The van der Waals surface area contributed by atoms with Crippen LogP contribution >= 0.6 is 0 Å². The van der Waals surface area contributed by atoms with Gasteiger partial charge in [-0.05, 0) is 20.8 Å². The van der Waals surface area contributed by atoms with Crippen LogP contribution in [0.4, 0.5) is 5.82 Å². The third kappa shape index (κ3) is 4.07. The summed E-state index contributed by atoms with van der Waals surface area (Å²) in [6.45, 7) is 5.18. The van der Waals surface area contributed by atoms with E-state index in [0.717, 1.165) is 6.20 Å². The molecule has 112 valence electrons. The second-order valence-electron chi connectivity index (χ2n) is 3.83. The highest BCUT2D eigenvalue weighted by atomic mass is 16.6. The van der Waals surface area contributed by atoms with E-state index >= 15 is 0 Å². The lowest BCUT2D eigenvalue weighted by Crippen LogP contribution is -2.19. The first-order valence-corrected chi connectivity index (χ1v) is 6.31. The predicted octanol–water partition coefficient (Wildman–Crippen LogP) is 1.01. The SMILES string of the molecule is CCOC(=O)C(=CNc1n[nH]c(C)c1C#N)C(=O)OCC. The fourth-order valence-corrected chi connectivity index (χ4v) is 1.43. The van der Waals surface area contributed by atoms with E-state index in [1.165, 1.54) is 0 Å². The molecule has 1 aromatic rings. The summed E-state index contributed by atoms with van der Waals surface area (Å²) in [4.78, 5) is 23.4. The molecule has 0 aliphatic carbocycles. The third-order valence-corrected chi connectivity index (χ3v) is 2.40. The normalized spacial score (nSPS) is 9.43. The quantitative estimate of drug-likeness (QED) is 0.348. The summed E-state index contributed by atoms with van der Waals surface area (Å²) in [5.41, 5.74) is 0.559. The number of esters is 2. The number of aromatic amines is 1. The Morgan fingerprint density at radius 1 is 1.33 bits per heavy atom. The molecule has 0 unspecified atom stereocenters. The van der Waals surface area contributed by atoms with Gasteiger partial charge in [-0.25, -0.2) is 9.59 Å². The number of H-pyrrole nitrogens is 1. The highest BCUT2D eigenvalue weighted by Crippen LogP contribution is 2.15. The Balaban J connectivity index is 3.00. The van der Waals surface area contributed by atoms with E-state index in [1.54, 1.807) is 20.8 Å². The molecule has 0 aliphatic heterocycles. The number of nitrogens with zero attached hydrogens (tertiary/aromatic N) is 2. The van der Waals surface area contributed by atoms with Crippen LogP contribution in [-0.2, 0) is 19.1 Å². The Kier molecular flexibility index (Phi) is 5.95. The van der Waals surface area contributed by atoms with Crippen molar-refractivity contribution < 1.29 is 19.1 Å². The number of hydrogen-bond donors (Lipinski definition) is 2. The molecule has 0 atom stereocenters. The van der Waals surface area contributed by atoms with Crippen LogP contribution < -0.4 is 5.32 Å². The Bertz CT molecular complexity index is 578. The minimum absolute atomic E-state index is 0.126. The minimum atomic E-state index is -0.811. The van der Waals surface area contributed by atoms with Crippen LogP contribution in [0.2, 0.25) is 0 Å². The maximum atomic E-state index is 11.7. The molecule has 0 radical (unpaired) electrons. The van der Waals surface area contributed by atoms with E-state index in [0.29, 0.717) is 11.3 Å². The van der Waals surface area contributed by atoms with E-state index in [4.69, 9.17) is 14.7 Å². The van der Waals surface area contributed by atoms with Gasteiger partial charge < -0.3 is 14.8 Å². The summed E-state index contributed by atoms with van der Waals surface area (Å²) in [5.74, 6) is -1.41. The van der Waals surface area contributed by atoms with Crippen molar-refractivity contribution in [3.05, 3.63) is 23.0 Å². The summed E-state index contributed by atoms with van der Waals surface area (Å²) in [6, 6.07) is 1.96. The second kappa shape index (κ2) is 7.69. The van der Waals surface area contributed by atoms with Gasteiger partial charge in [0.15, 0.2) is 11.4 Å². The summed E-state index contributed by atoms with van der Waals surface area (Å²) < 4.78 is 9.56. The highest BCUT2D eigenvalue weighted by Gasteiger charge is 2.21. The van der Waals surface area contributed by atoms with Crippen LogP contribution in [0.25, 0.3) is 0 Å². The van der Waals surface area contributed by atoms with E-state index in [-0.39, 0.29) is 24.6 Å². The van der Waals surface area contributed by atoms with Gasteiger partial charge in [0.2, 0.25) is 0 Å². The van der Waals surface area contributed by atoms with Crippen LogP contribution in [-0.4, -0.2) is 35.3 Å². The summed E-state index contributed by atoms with van der Waals surface area (Å²) in [7, 11) is 0. The molecular formula is C13H16N4O4. The van der Waals surface area contributed by atoms with Crippen molar-refractivity contribution >= 4 is 17.8 Å². The Morgan fingerprint density at radius 2 is 1.90 bits per heavy atom. The fourth-order valence-electron chi connectivity index (χ4n) is 1.43. The molecule has 0 aromatic carbocycles. The number of nitriles is 1. The molecule has 0 saturated carbocycles. The Labute approximate surface area is 121 Å². The molecule has 0 bridgehead atoms. The molecule has 0 amide bonds. The van der Waals surface area contributed by atoms with Gasteiger partial charge in [0.05, 0.1) is 18.9 Å². The van der Waals surface area contributed by atoms with Crippen LogP contribution in [0.1, 0.15) is 25.1 Å². The highest BCUT2D eigenvalue weighted by molar-refractivity contribution is 6.14. The number of hydrogen-bond acceptors (Lipinski definition) is 7. The van der Waals surface area contributed by atoms with Gasteiger partial charge in [-0.1, -0.05) is 0 Å². The number of carbonyl (C=O) groups is 2. The number of rotatable bonds is 6. The van der Waals surface area contributed by atoms with E-state index in [9.17, 15) is 9.59 Å². The second-order valence-corrected chi connectivity index (χ2v) is 3.83. The summed E-state index contributed by atoms with van der Waals surface area (Å²) in [5, 5.41) is 18.1. The average molecular weight is 292 g/mol. The molecule has 1 aromatic heterocycles. The summed E-state index contributed by atoms with van der Waals surface area (Å²) >= 11 is 0. The molecule has 8 nitrogen and oxygen atoms in total. The first-order chi connectivity index (χ1) is 10.0. The molecule has 0 aliphatic rings. The standard InChI is InChI=1S/C13H16N4O4/c1-4-20-12(18)10(13(19)21-5-2)7-15-11-9(6-14)8(3)16-17-11/h7H,4-5H2,1-3H3,(H2,15,16,17). The smallest absolute Gasteiger partial charge is 0.347 e. The maximum Gasteiger partial charge on any atom is 0.347 e. The van der Waals surface area contributed by atoms with Crippen molar-refractivity contribution in [1.82, 2.24) is 10.2 Å². The van der Waals surface area contributed by atoms with Crippen LogP contribution in [0, 0.1) is 18.3 Å². The van der Waals surface area contributed by atoms with Gasteiger partial charge in [-0.15, -0.1) is 0 Å². The zero-order chi connectivity index (χ0) is 15.8. The van der Waals surface area contributed by atoms with Crippen molar-refractivity contribution in [3.8, 4) is 6.07 Å².